The van der Waals surface area contributed by atoms with Crippen molar-refractivity contribution < 1.29 is 0 Å². The highest BCUT2D eigenvalue weighted by Crippen LogP contribution is 2.33. The molecule has 1 nitrogen and oxygen atoms in total. The Balaban J connectivity index is 1.85. The molecule has 0 aromatic rings. The molecule has 0 spiro atoms. The zero-order valence-electron chi connectivity index (χ0n) is 8.60. The maximum atomic E-state index is 3.60. The van der Waals surface area contributed by atoms with E-state index in [0.717, 1.165) is 12.0 Å². The van der Waals surface area contributed by atoms with E-state index in [4.69, 9.17) is 0 Å². The van der Waals surface area contributed by atoms with E-state index in [1.54, 1.807) is 0 Å². The van der Waals surface area contributed by atoms with Crippen molar-refractivity contribution in [3.63, 3.8) is 0 Å². The SMILES string of the molecule is CCC(CC)NCCCC1CC1. The lowest BCUT2D eigenvalue weighted by Gasteiger charge is -2.13. The lowest BCUT2D eigenvalue weighted by atomic mass is 10.1. The molecule has 0 atom stereocenters. The average Bonchev–Trinajstić information content (AvgIpc) is 2.89. The largest absolute Gasteiger partial charge is 0.314 e. The minimum absolute atomic E-state index is 0.768. The van der Waals surface area contributed by atoms with Gasteiger partial charge in [-0.05, 0) is 38.1 Å². The number of nitrogens with one attached hydrogen (secondary N) is 1. The summed E-state index contributed by atoms with van der Waals surface area (Å²) in [6.07, 6.45) is 8.42. The molecular weight excluding hydrogens is 146 g/mol. The van der Waals surface area contributed by atoms with Crippen molar-refractivity contribution in [3.05, 3.63) is 0 Å². The van der Waals surface area contributed by atoms with Gasteiger partial charge in [0.1, 0.15) is 0 Å². The van der Waals surface area contributed by atoms with Gasteiger partial charge in [-0.15, -0.1) is 0 Å². The first-order valence-corrected chi connectivity index (χ1v) is 5.60. The van der Waals surface area contributed by atoms with Gasteiger partial charge in [0, 0.05) is 6.04 Å². The summed E-state index contributed by atoms with van der Waals surface area (Å²) >= 11 is 0. The Morgan fingerprint density at radius 3 is 2.42 bits per heavy atom. The van der Waals surface area contributed by atoms with E-state index >= 15 is 0 Å². The summed E-state index contributed by atoms with van der Waals surface area (Å²) in [5.74, 6) is 1.11. The summed E-state index contributed by atoms with van der Waals surface area (Å²) in [4.78, 5) is 0. The third-order valence-electron chi connectivity index (χ3n) is 2.90. The zero-order valence-corrected chi connectivity index (χ0v) is 8.60. The smallest absolute Gasteiger partial charge is 0.00618 e. The fourth-order valence-corrected chi connectivity index (χ4v) is 1.68. The molecule has 0 aromatic carbocycles. The molecule has 1 aliphatic carbocycles. The van der Waals surface area contributed by atoms with Gasteiger partial charge in [0.15, 0.2) is 0 Å². The summed E-state index contributed by atoms with van der Waals surface area (Å²) in [6.45, 7) is 5.77. The van der Waals surface area contributed by atoms with E-state index in [1.807, 2.05) is 0 Å². The van der Waals surface area contributed by atoms with Gasteiger partial charge in [0.25, 0.3) is 0 Å². The summed E-state index contributed by atoms with van der Waals surface area (Å²) in [5.41, 5.74) is 0. The lowest BCUT2D eigenvalue weighted by molar-refractivity contribution is 0.468. The third kappa shape index (κ3) is 4.10. The second-order valence-corrected chi connectivity index (χ2v) is 4.05. The average molecular weight is 169 g/mol. The standard InChI is InChI=1S/C11H23N/c1-3-11(4-2)12-9-5-6-10-7-8-10/h10-12H,3-9H2,1-2H3. The molecule has 0 amide bonds. The Morgan fingerprint density at radius 1 is 1.25 bits per heavy atom. The van der Waals surface area contributed by atoms with Crippen LogP contribution in [0.3, 0.4) is 0 Å². The van der Waals surface area contributed by atoms with Gasteiger partial charge < -0.3 is 5.32 Å². The Morgan fingerprint density at radius 2 is 1.92 bits per heavy atom. The van der Waals surface area contributed by atoms with E-state index in [-0.39, 0.29) is 0 Å². The van der Waals surface area contributed by atoms with Crippen LogP contribution >= 0.6 is 0 Å². The summed E-state index contributed by atoms with van der Waals surface area (Å²) < 4.78 is 0. The van der Waals surface area contributed by atoms with Crippen LogP contribution in [0.5, 0.6) is 0 Å². The van der Waals surface area contributed by atoms with Crippen molar-refractivity contribution >= 4 is 0 Å². The predicted octanol–water partition coefficient (Wildman–Crippen LogP) is 2.95. The zero-order chi connectivity index (χ0) is 8.81. The van der Waals surface area contributed by atoms with E-state index < -0.39 is 0 Å². The predicted molar refractivity (Wildman–Crippen MR) is 54.3 cm³/mol. The fraction of sp³-hybridized carbons (Fsp3) is 1.00. The summed E-state index contributed by atoms with van der Waals surface area (Å²) in [5, 5.41) is 3.60. The fourth-order valence-electron chi connectivity index (χ4n) is 1.68. The number of rotatable bonds is 7. The molecule has 1 heteroatoms. The molecule has 0 bridgehead atoms. The van der Waals surface area contributed by atoms with Crippen LogP contribution in [0.4, 0.5) is 0 Å². The number of hydrogen-bond acceptors (Lipinski definition) is 1. The van der Waals surface area contributed by atoms with E-state index in [1.165, 1.54) is 45.1 Å². The minimum atomic E-state index is 0.768. The molecule has 1 N–H and O–H groups in total. The van der Waals surface area contributed by atoms with Gasteiger partial charge in [0.05, 0.1) is 0 Å². The van der Waals surface area contributed by atoms with E-state index in [0.29, 0.717) is 0 Å². The molecule has 1 saturated carbocycles. The van der Waals surface area contributed by atoms with Crippen LogP contribution in [0.25, 0.3) is 0 Å². The van der Waals surface area contributed by atoms with Crippen molar-refractivity contribution in [1.82, 2.24) is 5.32 Å². The Labute approximate surface area is 76.9 Å². The van der Waals surface area contributed by atoms with Crippen LogP contribution < -0.4 is 5.32 Å². The summed E-state index contributed by atoms with van der Waals surface area (Å²) in [6, 6.07) is 0.768. The first kappa shape index (κ1) is 10.0. The minimum Gasteiger partial charge on any atom is -0.314 e. The molecule has 1 rings (SSSR count). The van der Waals surface area contributed by atoms with Crippen LogP contribution in [-0.4, -0.2) is 12.6 Å². The Kier molecular flexibility index (Phi) is 4.67. The van der Waals surface area contributed by atoms with Crippen LogP contribution in [0.2, 0.25) is 0 Å². The second-order valence-electron chi connectivity index (χ2n) is 4.05. The molecule has 0 saturated heterocycles. The molecule has 0 aliphatic heterocycles. The first-order chi connectivity index (χ1) is 5.86. The Hall–Kier alpha value is -0.0400. The molecule has 1 aliphatic rings. The lowest BCUT2D eigenvalue weighted by Crippen LogP contribution is -2.28. The topological polar surface area (TPSA) is 12.0 Å². The van der Waals surface area contributed by atoms with Crippen LogP contribution in [0.15, 0.2) is 0 Å². The maximum absolute atomic E-state index is 3.60. The highest BCUT2D eigenvalue weighted by atomic mass is 14.9. The van der Waals surface area contributed by atoms with Crippen LogP contribution in [0.1, 0.15) is 52.4 Å². The first-order valence-electron chi connectivity index (χ1n) is 5.60. The molecule has 1 fully saturated rings. The van der Waals surface area contributed by atoms with Gasteiger partial charge in [-0.1, -0.05) is 26.7 Å². The van der Waals surface area contributed by atoms with Gasteiger partial charge in [-0.3, -0.25) is 0 Å². The van der Waals surface area contributed by atoms with Gasteiger partial charge in [-0.25, -0.2) is 0 Å². The van der Waals surface area contributed by atoms with Gasteiger partial charge >= 0.3 is 0 Å². The second kappa shape index (κ2) is 5.58. The molecule has 0 radical (unpaired) electrons. The van der Waals surface area contributed by atoms with Crippen molar-refractivity contribution in [2.75, 3.05) is 6.54 Å². The van der Waals surface area contributed by atoms with E-state index in [9.17, 15) is 0 Å². The van der Waals surface area contributed by atoms with Crippen molar-refractivity contribution in [2.24, 2.45) is 5.92 Å². The Bertz CT molecular complexity index is 104. The highest BCUT2D eigenvalue weighted by molar-refractivity contribution is 4.73. The highest BCUT2D eigenvalue weighted by Gasteiger charge is 2.19. The monoisotopic (exact) mass is 169 g/mol. The molecule has 0 unspecified atom stereocenters. The molecular formula is C11H23N. The van der Waals surface area contributed by atoms with Crippen molar-refractivity contribution in [2.45, 2.75) is 58.4 Å². The third-order valence-corrected chi connectivity index (χ3v) is 2.90. The van der Waals surface area contributed by atoms with Crippen molar-refractivity contribution in [3.8, 4) is 0 Å². The van der Waals surface area contributed by atoms with Crippen molar-refractivity contribution in [1.29, 1.82) is 0 Å². The van der Waals surface area contributed by atoms with Crippen LogP contribution in [-0.2, 0) is 0 Å². The molecule has 72 valence electrons. The quantitative estimate of drug-likeness (QED) is 0.578. The number of hydrogen-bond donors (Lipinski definition) is 1. The van der Waals surface area contributed by atoms with E-state index in [2.05, 4.69) is 19.2 Å². The van der Waals surface area contributed by atoms with Gasteiger partial charge in [-0.2, -0.15) is 0 Å². The molecule has 0 heterocycles. The van der Waals surface area contributed by atoms with Crippen LogP contribution in [0, 0.1) is 5.92 Å². The normalized spacial score (nSPS) is 17.2. The summed E-state index contributed by atoms with van der Waals surface area (Å²) in [7, 11) is 0. The van der Waals surface area contributed by atoms with Gasteiger partial charge in [0.2, 0.25) is 0 Å². The maximum Gasteiger partial charge on any atom is 0.00618 e. The molecule has 0 aromatic heterocycles. The molecule has 12 heavy (non-hydrogen) atoms.